The van der Waals surface area contributed by atoms with Gasteiger partial charge in [-0.05, 0) is 39.4 Å². The van der Waals surface area contributed by atoms with Gasteiger partial charge in [0.1, 0.15) is 0 Å². The fraction of sp³-hybridized carbons (Fsp3) is 0.769. The quantitative estimate of drug-likeness (QED) is 0.734. The molecule has 2 rings (SSSR count). The van der Waals surface area contributed by atoms with Gasteiger partial charge >= 0.3 is 0 Å². The Bertz CT molecular complexity index is 346. The topological polar surface area (TPSA) is 53.3 Å². The maximum atomic E-state index is 9.91. The Labute approximate surface area is 109 Å². The van der Waals surface area contributed by atoms with Gasteiger partial charge in [0.2, 0.25) is 0 Å². The van der Waals surface area contributed by atoms with Crippen LogP contribution in [0.4, 0.5) is 0 Å². The lowest BCUT2D eigenvalue weighted by atomic mass is 9.75. The Kier molecular flexibility index (Phi) is 4.37. The maximum Gasteiger partial charge on any atom is 0.0860 e. The van der Waals surface area contributed by atoms with Gasteiger partial charge in [0.05, 0.1) is 12.6 Å². The smallest absolute Gasteiger partial charge is 0.0860 e. The van der Waals surface area contributed by atoms with Gasteiger partial charge in [-0.3, -0.25) is 4.68 Å². The molecule has 2 N–H and O–H groups in total. The highest BCUT2D eigenvalue weighted by Gasteiger charge is 2.38. The molecule has 0 saturated heterocycles. The fourth-order valence-electron chi connectivity index (χ4n) is 2.53. The highest BCUT2D eigenvalue weighted by molar-refractivity contribution is 4.97. The summed E-state index contributed by atoms with van der Waals surface area (Å²) in [6, 6.07) is 1.87. The van der Waals surface area contributed by atoms with Gasteiger partial charge in [-0.15, -0.1) is 0 Å². The van der Waals surface area contributed by atoms with E-state index >= 15 is 0 Å². The first-order valence-corrected chi connectivity index (χ1v) is 6.66. The summed E-state index contributed by atoms with van der Waals surface area (Å²) in [5.74, 6) is 0. The SMILES string of the molecule is CN(C)C1(CNCC(O)Cn2cccn2)CCC1. The molecule has 5 heteroatoms. The van der Waals surface area contributed by atoms with Crippen LogP contribution in [0.2, 0.25) is 0 Å². The molecule has 1 fully saturated rings. The molecule has 0 bridgehead atoms. The number of likely N-dealkylation sites (N-methyl/N-ethyl adjacent to an activating group) is 1. The number of hydrogen-bond acceptors (Lipinski definition) is 4. The summed E-state index contributed by atoms with van der Waals surface area (Å²) in [4.78, 5) is 2.31. The predicted octanol–water partition coefficient (Wildman–Crippen LogP) is 0.318. The number of rotatable bonds is 7. The molecule has 0 spiro atoms. The van der Waals surface area contributed by atoms with Crippen molar-refractivity contribution in [2.45, 2.75) is 37.5 Å². The summed E-state index contributed by atoms with van der Waals surface area (Å²) < 4.78 is 1.76. The Morgan fingerprint density at radius 1 is 1.50 bits per heavy atom. The van der Waals surface area contributed by atoms with Crippen LogP contribution in [0.25, 0.3) is 0 Å². The van der Waals surface area contributed by atoms with E-state index in [0.717, 1.165) is 6.54 Å². The van der Waals surface area contributed by atoms with Crippen molar-refractivity contribution in [3.63, 3.8) is 0 Å². The van der Waals surface area contributed by atoms with E-state index in [1.165, 1.54) is 19.3 Å². The third-order valence-electron chi connectivity index (χ3n) is 4.02. The standard InChI is InChI=1S/C13H24N4O/c1-16(2)13(5-3-6-13)11-14-9-12(18)10-17-8-4-7-15-17/h4,7-8,12,14,18H,3,5-6,9-11H2,1-2H3. The molecular formula is C13H24N4O. The highest BCUT2D eigenvalue weighted by Crippen LogP contribution is 2.35. The molecular weight excluding hydrogens is 228 g/mol. The number of aromatic nitrogens is 2. The minimum atomic E-state index is -0.385. The summed E-state index contributed by atoms with van der Waals surface area (Å²) in [5, 5.41) is 17.4. The lowest BCUT2D eigenvalue weighted by Crippen LogP contribution is -2.57. The number of nitrogens with one attached hydrogen (secondary N) is 1. The largest absolute Gasteiger partial charge is 0.390 e. The average Bonchev–Trinajstić information content (AvgIpc) is 2.73. The van der Waals surface area contributed by atoms with Gasteiger partial charge < -0.3 is 15.3 Å². The Balaban J connectivity index is 1.68. The first-order valence-electron chi connectivity index (χ1n) is 6.66. The minimum Gasteiger partial charge on any atom is -0.390 e. The van der Waals surface area contributed by atoms with E-state index in [-0.39, 0.29) is 6.10 Å². The molecule has 0 aromatic carbocycles. The molecule has 18 heavy (non-hydrogen) atoms. The van der Waals surface area contributed by atoms with E-state index < -0.39 is 0 Å². The second kappa shape index (κ2) is 5.82. The monoisotopic (exact) mass is 252 g/mol. The van der Waals surface area contributed by atoms with E-state index in [1.54, 1.807) is 10.9 Å². The Morgan fingerprint density at radius 3 is 2.78 bits per heavy atom. The zero-order chi connectivity index (χ0) is 13.0. The molecule has 1 aliphatic rings. The third-order valence-corrected chi connectivity index (χ3v) is 4.02. The first-order chi connectivity index (χ1) is 8.62. The maximum absolute atomic E-state index is 9.91. The second-order valence-corrected chi connectivity index (χ2v) is 5.49. The summed E-state index contributed by atoms with van der Waals surface area (Å²) in [5.41, 5.74) is 0.311. The third kappa shape index (κ3) is 3.10. The van der Waals surface area contributed by atoms with Gasteiger partial charge in [0.15, 0.2) is 0 Å². The van der Waals surface area contributed by atoms with E-state index in [4.69, 9.17) is 0 Å². The van der Waals surface area contributed by atoms with Crippen molar-refractivity contribution in [3.8, 4) is 0 Å². The second-order valence-electron chi connectivity index (χ2n) is 5.49. The molecule has 0 radical (unpaired) electrons. The van der Waals surface area contributed by atoms with E-state index in [0.29, 0.717) is 18.6 Å². The summed E-state index contributed by atoms with van der Waals surface area (Å²) in [6.45, 7) is 2.13. The lowest BCUT2D eigenvalue weighted by Gasteiger charge is -2.47. The van der Waals surface area contributed by atoms with Crippen LogP contribution in [0.1, 0.15) is 19.3 Å². The van der Waals surface area contributed by atoms with Crippen molar-refractivity contribution >= 4 is 0 Å². The average molecular weight is 252 g/mol. The van der Waals surface area contributed by atoms with Crippen LogP contribution in [0, 0.1) is 0 Å². The molecule has 1 aromatic heterocycles. The zero-order valence-electron chi connectivity index (χ0n) is 11.3. The summed E-state index contributed by atoms with van der Waals surface area (Å²) in [6.07, 6.45) is 7.04. The van der Waals surface area contributed by atoms with Crippen molar-refractivity contribution in [1.82, 2.24) is 20.0 Å². The Morgan fingerprint density at radius 2 is 2.28 bits per heavy atom. The van der Waals surface area contributed by atoms with E-state index in [9.17, 15) is 5.11 Å². The molecule has 1 aromatic rings. The zero-order valence-corrected chi connectivity index (χ0v) is 11.3. The summed E-state index contributed by atoms with van der Waals surface area (Å²) in [7, 11) is 4.28. The van der Waals surface area contributed by atoms with Crippen molar-refractivity contribution in [2.24, 2.45) is 0 Å². The van der Waals surface area contributed by atoms with Crippen molar-refractivity contribution in [3.05, 3.63) is 18.5 Å². The first kappa shape index (κ1) is 13.5. The van der Waals surface area contributed by atoms with Gasteiger partial charge in [0, 0.05) is 31.0 Å². The highest BCUT2D eigenvalue weighted by atomic mass is 16.3. The van der Waals surface area contributed by atoms with Crippen molar-refractivity contribution in [1.29, 1.82) is 0 Å². The molecule has 5 nitrogen and oxygen atoms in total. The van der Waals surface area contributed by atoms with E-state index in [2.05, 4.69) is 29.4 Å². The number of hydrogen-bond donors (Lipinski definition) is 2. The van der Waals surface area contributed by atoms with Gasteiger partial charge in [0.25, 0.3) is 0 Å². The molecule has 1 atom stereocenters. The molecule has 102 valence electrons. The van der Waals surface area contributed by atoms with Crippen LogP contribution in [0.15, 0.2) is 18.5 Å². The molecule has 1 unspecified atom stereocenters. The van der Waals surface area contributed by atoms with Crippen LogP contribution in [-0.4, -0.2) is 58.6 Å². The molecule has 1 aliphatic carbocycles. The van der Waals surface area contributed by atoms with Crippen LogP contribution in [-0.2, 0) is 6.54 Å². The Hall–Kier alpha value is -0.910. The van der Waals surface area contributed by atoms with Crippen LogP contribution >= 0.6 is 0 Å². The molecule has 0 amide bonds. The van der Waals surface area contributed by atoms with Crippen molar-refractivity contribution < 1.29 is 5.11 Å². The number of aliphatic hydroxyl groups is 1. The fourth-order valence-corrected chi connectivity index (χ4v) is 2.53. The van der Waals surface area contributed by atoms with Gasteiger partial charge in [-0.1, -0.05) is 0 Å². The van der Waals surface area contributed by atoms with Crippen LogP contribution < -0.4 is 5.32 Å². The van der Waals surface area contributed by atoms with Crippen LogP contribution in [0.5, 0.6) is 0 Å². The normalized spacial score (nSPS) is 19.8. The molecule has 0 aliphatic heterocycles. The predicted molar refractivity (Wildman–Crippen MR) is 71.4 cm³/mol. The van der Waals surface area contributed by atoms with Crippen LogP contribution in [0.3, 0.4) is 0 Å². The molecule has 1 heterocycles. The summed E-state index contributed by atoms with van der Waals surface area (Å²) >= 11 is 0. The van der Waals surface area contributed by atoms with Gasteiger partial charge in [-0.2, -0.15) is 5.10 Å². The number of nitrogens with zero attached hydrogens (tertiary/aromatic N) is 3. The lowest BCUT2D eigenvalue weighted by molar-refractivity contribution is 0.0543. The van der Waals surface area contributed by atoms with E-state index in [1.807, 2.05) is 12.3 Å². The van der Waals surface area contributed by atoms with Crippen molar-refractivity contribution in [2.75, 3.05) is 27.2 Å². The minimum absolute atomic E-state index is 0.311. The number of aliphatic hydroxyl groups excluding tert-OH is 1. The van der Waals surface area contributed by atoms with Gasteiger partial charge in [-0.25, -0.2) is 0 Å². The molecule has 1 saturated carbocycles.